The molecule has 0 amide bonds. The van der Waals surface area contributed by atoms with Gasteiger partial charge in [0.05, 0.1) is 13.7 Å². The van der Waals surface area contributed by atoms with Crippen LogP contribution >= 0.6 is 0 Å². The van der Waals surface area contributed by atoms with E-state index in [0.29, 0.717) is 24.4 Å². The minimum Gasteiger partial charge on any atom is -0.493 e. The molecule has 4 N–H and O–H groups in total. The van der Waals surface area contributed by atoms with Crippen molar-refractivity contribution >= 4 is 11.9 Å². The Bertz CT molecular complexity index is 800. The number of piperazine rings is 1. The van der Waals surface area contributed by atoms with Gasteiger partial charge in [0.1, 0.15) is 12.7 Å². The number of rotatable bonds is 8. The first-order valence-electron chi connectivity index (χ1n) is 12.8. The number of aliphatic hydroxyl groups is 1. The first-order valence-corrected chi connectivity index (χ1v) is 12.8. The molecule has 1 unspecified atom stereocenters. The molecule has 0 aromatic heterocycles. The third-order valence-electron chi connectivity index (χ3n) is 6.14. The number of β-amino-alcohol motifs (C(OH)–C–C–N with tert-alkyl or cyclic N) is 1. The Morgan fingerprint density at radius 2 is 1.70 bits per heavy atom. The Kier molecular flexibility index (Phi) is 13.7. The van der Waals surface area contributed by atoms with Gasteiger partial charge in [-0.2, -0.15) is 0 Å². The molecule has 37 heavy (non-hydrogen) atoms. The third kappa shape index (κ3) is 12.6. The Labute approximate surface area is 219 Å². The summed E-state index contributed by atoms with van der Waals surface area (Å²) < 4.78 is 17.0. The van der Waals surface area contributed by atoms with E-state index in [1.807, 2.05) is 12.1 Å². The van der Waals surface area contributed by atoms with Crippen molar-refractivity contribution in [3.05, 3.63) is 23.8 Å². The highest BCUT2D eigenvalue weighted by Crippen LogP contribution is 2.29. The Hall–Kier alpha value is -2.44. The van der Waals surface area contributed by atoms with Gasteiger partial charge in [-0.1, -0.05) is 6.07 Å². The average molecular weight is 526 g/mol. The molecular formula is C26H43N3O8. The molecule has 0 aliphatic carbocycles. The Morgan fingerprint density at radius 3 is 2.32 bits per heavy atom. The number of hydrogen-bond donors (Lipinski definition) is 4. The molecule has 1 aromatic carbocycles. The first-order chi connectivity index (χ1) is 17.7. The van der Waals surface area contributed by atoms with E-state index >= 15 is 0 Å². The van der Waals surface area contributed by atoms with Crippen molar-refractivity contribution in [3.63, 3.8) is 0 Å². The molecular weight excluding hydrogens is 482 g/mol. The Balaban J connectivity index is 0.000000530. The van der Waals surface area contributed by atoms with Crippen LogP contribution in [0, 0.1) is 0 Å². The maximum absolute atomic E-state index is 10.5. The van der Waals surface area contributed by atoms with Crippen molar-refractivity contribution < 1.29 is 39.1 Å². The fourth-order valence-electron chi connectivity index (χ4n) is 4.72. The summed E-state index contributed by atoms with van der Waals surface area (Å²) in [5.74, 6) is -0.254. The van der Waals surface area contributed by atoms with Crippen LogP contribution in [0.5, 0.6) is 11.5 Å². The monoisotopic (exact) mass is 525 g/mol. The quantitative estimate of drug-likeness (QED) is 0.390. The van der Waals surface area contributed by atoms with Crippen LogP contribution in [0.15, 0.2) is 18.2 Å². The lowest BCUT2D eigenvalue weighted by Gasteiger charge is -2.34. The smallest absolute Gasteiger partial charge is 0.300 e. The highest BCUT2D eigenvalue weighted by molar-refractivity contribution is 5.63. The van der Waals surface area contributed by atoms with Crippen molar-refractivity contribution in [2.45, 2.75) is 57.8 Å². The number of ether oxygens (including phenoxy) is 3. The predicted octanol–water partition coefficient (Wildman–Crippen LogP) is 1.28. The number of aliphatic hydroxyl groups excluding tert-OH is 1. The lowest BCUT2D eigenvalue weighted by molar-refractivity contribution is -0.135. The number of benzene rings is 1. The number of nitrogens with one attached hydrogen (secondary N) is 1. The highest BCUT2D eigenvalue weighted by Gasteiger charge is 2.32. The molecule has 3 aliphatic rings. The molecule has 4 rings (SSSR count). The van der Waals surface area contributed by atoms with Gasteiger partial charge in [0.2, 0.25) is 0 Å². The average Bonchev–Trinajstić information content (AvgIpc) is 3.00. The first kappa shape index (κ1) is 30.8. The topological polar surface area (TPSA) is 141 Å². The molecule has 2 bridgehead atoms. The van der Waals surface area contributed by atoms with E-state index < -0.39 is 18.0 Å². The summed E-state index contributed by atoms with van der Waals surface area (Å²) >= 11 is 0. The number of likely N-dealkylation sites (tertiary alicyclic amines) is 1. The molecule has 3 aliphatic heterocycles. The van der Waals surface area contributed by atoms with Crippen molar-refractivity contribution in [2.75, 3.05) is 59.7 Å². The van der Waals surface area contributed by atoms with Gasteiger partial charge < -0.3 is 34.8 Å². The summed E-state index contributed by atoms with van der Waals surface area (Å²) in [7, 11) is 1.67. The molecule has 3 fully saturated rings. The van der Waals surface area contributed by atoms with E-state index in [0.717, 1.165) is 72.0 Å². The second-order valence-corrected chi connectivity index (χ2v) is 9.59. The molecule has 210 valence electrons. The number of fused-ring (bicyclic) bond motifs is 2. The minimum absolute atomic E-state index is 0.276. The standard InChI is InChI=1S/C22H35N3O4.2C2H4O2/c1-27-22-11-17(12-24-7-2-9-28-10-8-24)3-6-21(22)29-16-20(26)15-25-13-18-4-5-19(14-25)23-18;2*1-2(3)4/h3,6,11,18-20,23,26H,2,4-5,7-10,12-16H2,1H3;2*1H3,(H,3,4)/t18-,19+,20?;;. The van der Waals surface area contributed by atoms with Gasteiger partial charge in [0.15, 0.2) is 11.5 Å². The lowest BCUT2D eigenvalue weighted by Crippen LogP contribution is -2.53. The summed E-state index contributed by atoms with van der Waals surface area (Å²) in [4.78, 5) is 22.8. The second kappa shape index (κ2) is 16.4. The SMILES string of the molecule is CC(=O)O.CC(=O)O.COc1cc(CN2CCCOCC2)ccc1OCC(O)CN1C[C@H]2CC[C@@H](C1)N2. The number of nitrogens with zero attached hydrogens (tertiary/aromatic N) is 2. The van der Waals surface area contributed by atoms with Crippen LogP contribution in [-0.2, 0) is 20.9 Å². The van der Waals surface area contributed by atoms with E-state index in [2.05, 4.69) is 21.2 Å². The molecule has 0 radical (unpaired) electrons. The summed E-state index contributed by atoms with van der Waals surface area (Å²) in [6.45, 7) is 9.69. The van der Waals surface area contributed by atoms with Crippen LogP contribution < -0.4 is 14.8 Å². The van der Waals surface area contributed by atoms with Crippen molar-refractivity contribution in [2.24, 2.45) is 0 Å². The molecule has 11 heteroatoms. The fourth-order valence-corrected chi connectivity index (χ4v) is 4.72. The van der Waals surface area contributed by atoms with Crippen LogP contribution in [-0.4, -0.2) is 115 Å². The number of carboxylic acids is 2. The van der Waals surface area contributed by atoms with Crippen LogP contribution in [0.25, 0.3) is 0 Å². The molecule has 0 spiro atoms. The van der Waals surface area contributed by atoms with Crippen molar-refractivity contribution in [3.8, 4) is 11.5 Å². The summed E-state index contributed by atoms with van der Waals surface area (Å²) in [6, 6.07) is 7.27. The van der Waals surface area contributed by atoms with Gasteiger partial charge in [0.25, 0.3) is 11.9 Å². The number of carboxylic acid groups (broad SMARTS) is 2. The van der Waals surface area contributed by atoms with Gasteiger partial charge in [0, 0.05) is 71.8 Å². The predicted molar refractivity (Wildman–Crippen MR) is 138 cm³/mol. The van der Waals surface area contributed by atoms with Crippen molar-refractivity contribution in [1.29, 1.82) is 0 Å². The zero-order valence-electron chi connectivity index (χ0n) is 22.2. The summed E-state index contributed by atoms with van der Waals surface area (Å²) in [5.41, 5.74) is 1.20. The van der Waals surface area contributed by atoms with Crippen LogP contribution in [0.1, 0.15) is 38.7 Å². The zero-order chi connectivity index (χ0) is 27.2. The van der Waals surface area contributed by atoms with E-state index in [1.165, 1.54) is 18.4 Å². The van der Waals surface area contributed by atoms with Gasteiger partial charge in [-0.3, -0.25) is 19.4 Å². The van der Waals surface area contributed by atoms with Gasteiger partial charge in [-0.15, -0.1) is 0 Å². The molecule has 1 aromatic rings. The number of methoxy groups -OCH3 is 1. The molecule has 11 nitrogen and oxygen atoms in total. The van der Waals surface area contributed by atoms with E-state index in [4.69, 9.17) is 34.0 Å². The second-order valence-electron chi connectivity index (χ2n) is 9.59. The van der Waals surface area contributed by atoms with Gasteiger partial charge in [-0.05, 0) is 37.0 Å². The fraction of sp³-hybridized carbons (Fsp3) is 0.692. The number of carbonyl (C=O) groups is 2. The van der Waals surface area contributed by atoms with E-state index in [9.17, 15) is 5.11 Å². The van der Waals surface area contributed by atoms with Crippen LogP contribution in [0.3, 0.4) is 0 Å². The summed E-state index contributed by atoms with van der Waals surface area (Å²) in [5, 5.41) is 28.9. The van der Waals surface area contributed by atoms with Gasteiger partial charge >= 0.3 is 0 Å². The minimum atomic E-state index is -0.833. The zero-order valence-corrected chi connectivity index (χ0v) is 22.2. The molecule has 0 saturated carbocycles. The van der Waals surface area contributed by atoms with Crippen LogP contribution in [0.2, 0.25) is 0 Å². The van der Waals surface area contributed by atoms with Gasteiger partial charge in [-0.25, -0.2) is 0 Å². The lowest BCUT2D eigenvalue weighted by atomic mass is 10.2. The Morgan fingerprint density at radius 1 is 1.05 bits per heavy atom. The summed E-state index contributed by atoms with van der Waals surface area (Å²) in [6.07, 6.45) is 3.07. The number of aliphatic carboxylic acids is 2. The maximum atomic E-state index is 10.5. The highest BCUT2D eigenvalue weighted by atomic mass is 16.5. The van der Waals surface area contributed by atoms with Crippen LogP contribution in [0.4, 0.5) is 0 Å². The maximum Gasteiger partial charge on any atom is 0.300 e. The molecule has 3 saturated heterocycles. The van der Waals surface area contributed by atoms with Crippen molar-refractivity contribution in [1.82, 2.24) is 15.1 Å². The number of hydrogen-bond acceptors (Lipinski definition) is 9. The molecule has 3 heterocycles. The normalized spacial score (nSPS) is 22.4. The largest absolute Gasteiger partial charge is 0.493 e. The van der Waals surface area contributed by atoms with E-state index in [-0.39, 0.29) is 6.61 Å². The third-order valence-corrected chi connectivity index (χ3v) is 6.14. The molecule has 3 atom stereocenters. The van der Waals surface area contributed by atoms with E-state index in [1.54, 1.807) is 7.11 Å².